The van der Waals surface area contributed by atoms with Gasteiger partial charge in [0.15, 0.2) is 0 Å². The summed E-state index contributed by atoms with van der Waals surface area (Å²) in [6, 6.07) is 3.96. The van der Waals surface area contributed by atoms with Gasteiger partial charge in [0.25, 0.3) is 0 Å². The Bertz CT molecular complexity index is 464. The normalized spacial score (nSPS) is 16.2. The monoisotopic (exact) mass is 264 g/mol. The maximum absolute atomic E-state index is 11.5. The van der Waals surface area contributed by atoms with Crippen molar-refractivity contribution in [2.45, 2.75) is 47.1 Å². The van der Waals surface area contributed by atoms with Crippen LogP contribution in [0.25, 0.3) is 0 Å². The average molecular weight is 264 g/mol. The summed E-state index contributed by atoms with van der Waals surface area (Å²) in [6.07, 6.45) is 0. The minimum absolute atomic E-state index is 0.146. The van der Waals surface area contributed by atoms with Crippen LogP contribution in [0.4, 0.5) is 0 Å². The van der Waals surface area contributed by atoms with Gasteiger partial charge in [0.1, 0.15) is 5.60 Å². The van der Waals surface area contributed by atoms with E-state index in [9.17, 15) is 15.0 Å². The second-order valence-electron chi connectivity index (χ2n) is 5.98. The molecular weight excluding hydrogens is 240 g/mol. The van der Waals surface area contributed by atoms with E-state index in [0.717, 1.165) is 22.3 Å². The second-order valence-corrected chi connectivity index (χ2v) is 5.98. The number of carboxylic acids is 1. The molecule has 0 radical (unpaired) electrons. The third-order valence-electron chi connectivity index (χ3n) is 3.72. The van der Waals surface area contributed by atoms with Crippen molar-refractivity contribution in [3.8, 4) is 0 Å². The fourth-order valence-corrected chi connectivity index (χ4v) is 3.31. The number of carbonyl (C=O) groups is 1. The van der Waals surface area contributed by atoms with E-state index < -0.39 is 17.5 Å². The highest BCUT2D eigenvalue weighted by Crippen LogP contribution is 2.38. The van der Waals surface area contributed by atoms with Gasteiger partial charge in [-0.2, -0.15) is 0 Å². The van der Waals surface area contributed by atoms with Crippen LogP contribution in [0.5, 0.6) is 0 Å². The fraction of sp³-hybridized carbons (Fsp3) is 0.562. The molecule has 0 amide bonds. The number of hydrogen-bond acceptors (Lipinski definition) is 2. The number of carboxylic acid groups (broad SMARTS) is 1. The van der Waals surface area contributed by atoms with E-state index in [1.165, 1.54) is 0 Å². The predicted octanol–water partition coefficient (Wildman–Crippen LogP) is 3.18. The molecular formula is C16H24O3. The van der Waals surface area contributed by atoms with Gasteiger partial charge in [-0.3, -0.25) is 4.79 Å². The molecule has 106 valence electrons. The van der Waals surface area contributed by atoms with E-state index >= 15 is 0 Å². The van der Waals surface area contributed by atoms with Gasteiger partial charge in [-0.15, -0.1) is 0 Å². The Kier molecular flexibility index (Phi) is 4.41. The highest BCUT2D eigenvalue weighted by molar-refractivity contribution is 5.72. The Balaban J connectivity index is 3.45. The van der Waals surface area contributed by atoms with Crippen molar-refractivity contribution in [2.75, 3.05) is 0 Å². The minimum atomic E-state index is -1.37. The van der Waals surface area contributed by atoms with Gasteiger partial charge in [0.2, 0.25) is 0 Å². The Morgan fingerprint density at radius 3 is 1.89 bits per heavy atom. The zero-order valence-corrected chi connectivity index (χ0v) is 12.6. The van der Waals surface area contributed by atoms with Crippen LogP contribution in [0, 0.1) is 32.6 Å². The van der Waals surface area contributed by atoms with E-state index in [2.05, 4.69) is 0 Å². The molecule has 0 saturated carbocycles. The molecule has 19 heavy (non-hydrogen) atoms. The van der Waals surface area contributed by atoms with E-state index in [-0.39, 0.29) is 5.92 Å². The molecule has 0 fully saturated rings. The van der Waals surface area contributed by atoms with Crippen LogP contribution in [0.15, 0.2) is 12.1 Å². The van der Waals surface area contributed by atoms with Gasteiger partial charge in [0, 0.05) is 0 Å². The lowest BCUT2D eigenvalue weighted by molar-refractivity contribution is -0.155. The van der Waals surface area contributed by atoms with Gasteiger partial charge in [-0.25, -0.2) is 0 Å². The molecule has 0 bridgehead atoms. The zero-order valence-electron chi connectivity index (χ0n) is 12.6. The molecule has 1 aromatic carbocycles. The van der Waals surface area contributed by atoms with Crippen LogP contribution in [0.3, 0.4) is 0 Å². The van der Waals surface area contributed by atoms with Crippen LogP contribution < -0.4 is 0 Å². The first-order chi connectivity index (χ1) is 8.59. The lowest BCUT2D eigenvalue weighted by Crippen LogP contribution is -2.41. The van der Waals surface area contributed by atoms with Crippen molar-refractivity contribution in [3.05, 3.63) is 34.4 Å². The number of aryl methyl sites for hydroxylation is 3. The highest BCUT2D eigenvalue weighted by atomic mass is 16.4. The summed E-state index contributed by atoms with van der Waals surface area (Å²) in [5, 5.41) is 20.3. The predicted molar refractivity (Wildman–Crippen MR) is 76.2 cm³/mol. The summed E-state index contributed by atoms with van der Waals surface area (Å²) in [5.41, 5.74) is 2.36. The summed E-state index contributed by atoms with van der Waals surface area (Å²) >= 11 is 0. The number of aliphatic hydroxyl groups is 1. The number of benzene rings is 1. The molecule has 2 unspecified atom stereocenters. The molecule has 3 nitrogen and oxygen atoms in total. The summed E-state index contributed by atoms with van der Waals surface area (Å²) in [5.74, 6) is -1.93. The molecule has 0 aromatic heterocycles. The number of aliphatic carboxylic acids is 1. The lowest BCUT2D eigenvalue weighted by atomic mass is 9.73. The molecule has 2 atom stereocenters. The van der Waals surface area contributed by atoms with Crippen molar-refractivity contribution in [1.82, 2.24) is 0 Å². The third-order valence-corrected chi connectivity index (χ3v) is 3.72. The molecule has 3 heteroatoms. The Morgan fingerprint density at radius 2 is 1.58 bits per heavy atom. The van der Waals surface area contributed by atoms with Crippen LogP contribution in [0.1, 0.15) is 43.0 Å². The standard InChI is InChI=1S/C16H24O3/c1-9(2)13(15(17)18)16(6,19)14-11(4)7-10(3)8-12(14)5/h7-9,13,19H,1-6H3,(H,17,18). The van der Waals surface area contributed by atoms with Crippen LogP contribution >= 0.6 is 0 Å². The highest BCUT2D eigenvalue weighted by Gasteiger charge is 2.42. The largest absolute Gasteiger partial charge is 0.481 e. The summed E-state index contributed by atoms with van der Waals surface area (Å²) in [7, 11) is 0. The molecule has 2 N–H and O–H groups in total. The fourth-order valence-electron chi connectivity index (χ4n) is 3.31. The first kappa shape index (κ1) is 15.7. The average Bonchev–Trinajstić information content (AvgIpc) is 2.11. The summed E-state index contributed by atoms with van der Waals surface area (Å²) < 4.78 is 0. The second kappa shape index (κ2) is 5.33. The van der Waals surface area contributed by atoms with Crippen molar-refractivity contribution < 1.29 is 15.0 Å². The Morgan fingerprint density at radius 1 is 1.16 bits per heavy atom. The smallest absolute Gasteiger partial charge is 0.310 e. The van der Waals surface area contributed by atoms with E-state index in [1.807, 2.05) is 46.8 Å². The molecule has 0 aliphatic carbocycles. The first-order valence-electron chi connectivity index (χ1n) is 6.62. The topological polar surface area (TPSA) is 57.5 Å². The van der Waals surface area contributed by atoms with Crippen molar-refractivity contribution in [3.63, 3.8) is 0 Å². The molecule has 1 rings (SSSR count). The maximum Gasteiger partial charge on any atom is 0.310 e. The molecule has 0 heterocycles. The number of rotatable bonds is 4. The molecule has 0 aliphatic heterocycles. The molecule has 0 saturated heterocycles. The molecule has 0 spiro atoms. The summed E-state index contributed by atoms with van der Waals surface area (Å²) in [6.45, 7) is 11.1. The minimum Gasteiger partial charge on any atom is -0.481 e. The Hall–Kier alpha value is -1.35. The van der Waals surface area contributed by atoms with Crippen LogP contribution in [-0.2, 0) is 10.4 Å². The van der Waals surface area contributed by atoms with Crippen LogP contribution in [0.2, 0.25) is 0 Å². The van der Waals surface area contributed by atoms with Crippen molar-refractivity contribution >= 4 is 5.97 Å². The molecule has 0 aliphatic rings. The van der Waals surface area contributed by atoms with Crippen molar-refractivity contribution in [1.29, 1.82) is 0 Å². The molecule has 1 aromatic rings. The van der Waals surface area contributed by atoms with E-state index in [0.29, 0.717) is 0 Å². The first-order valence-corrected chi connectivity index (χ1v) is 6.62. The SMILES string of the molecule is Cc1cc(C)c(C(C)(O)C(C(=O)O)C(C)C)c(C)c1. The third kappa shape index (κ3) is 2.98. The van der Waals surface area contributed by atoms with Gasteiger partial charge < -0.3 is 10.2 Å². The number of hydrogen-bond donors (Lipinski definition) is 2. The van der Waals surface area contributed by atoms with Gasteiger partial charge in [-0.1, -0.05) is 31.5 Å². The summed E-state index contributed by atoms with van der Waals surface area (Å²) in [4.78, 5) is 11.5. The zero-order chi connectivity index (χ0) is 15.0. The van der Waals surface area contributed by atoms with E-state index in [1.54, 1.807) is 6.92 Å². The van der Waals surface area contributed by atoms with Gasteiger partial charge in [-0.05, 0) is 50.3 Å². The maximum atomic E-state index is 11.5. The van der Waals surface area contributed by atoms with Gasteiger partial charge in [0.05, 0.1) is 5.92 Å². The van der Waals surface area contributed by atoms with Gasteiger partial charge >= 0.3 is 5.97 Å². The van der Waals surface area contributed by atoms with E-state index in [4.69, 9.17) is 0 Å². The Labute approximate surface area is 115 Å². The lowest BCUT2D eigenvalue weighted by Gasteiger charge is -2.35. The van der Waals surface area contributed by atoms with Crippen molar-refractivity contribution in [2.24, 2.45) is 11.8 Å². The van der Waals surface area contributed by atoms with Crippen LogP contribution in [-0.4, -0.2) is 16.2 Å². The quantitative estimate of drug-likeness (QED) is 0.878.